The van der Waals surface area contributed by atoms with Crippen molar-refractivity contribution >= 4 is 45.4 Å². The fourth-order valence-corrected chi connectivity index (χ4v) is 4.82. The Hall–Kier alpha value is -5.50. The average Bonchev–Trinajstić information content (AvgIpc) is 3.37. The number of nitrogens with zero attached hydrogens (tertiary/aromatic N) is 7. The monoisotopic (exact) mass is 545 g/mol. The van der Waals surface area contributed by atoms with E-state index in [2.05, 4.69) is 43.1 Å². The number of terminal acetylenes is 1. The van der Waals surface area contributed by atoms with E-state index in [9.17, 15) is 4.79 Å². The molecule has 0 saturated carbocycles. The highest BCUT2D eigenvalue weighted by Crippen LogP contribution is 2.31. The van der Waals surface area contributed by atoms with E-state index in [1.807, 2.05) is 48.0 Å². The summed E-state index contributed by atoms with van der Waals surface area (Å²) in [7, 11) is 1.95. The van der Waals surface area contributed by atoms with Gasteiger partial charge < -0.3 is 24.8 Å². The molecule has 4 heterocycles. The Kier molecular flexibility index (Phi) is 6.87. The standard InChI is InChI=1S/C30H27N9O2/c1-4-19-14-21(6-9-26(19)41-22-7-8-25-23(15-22)34-18-38(25)3)35-29-28-24(32-17-33-29)16-31-30(37-28)36-20-10-12-39(13-11-20)27(40)5-2/h1,5-9,14-18,20H,2,10-13H2,3H3,(H,31,36,37)(H,32,33,35). The van der Waals surface area contributed by atoms with Crippen LogP contribution in [0.2, 0.25) is 0 Å². The molecule has 2 aromatic carbocycles. The minimum atomic E-state index is -0.0446. The van der Waals surface area contributed by atoms with Crippen molar-refractivity contribution < 1.29 is 9.53 Å². The second kappa shape index (κ2) is 10.9. The van der Waals surface area contributed by atoms with Crippen molar-refractivity contribution in [3.8, 4) is 23.8 Å². The Morgan fingerprint density at radius 3 is 2.78 bits per heavy atom. The molecule has 0 unspecified atom stereocenters. The number of hydrogen-bond donors (Lipinski definition) is 2. The van der Waals surface area contributed by atoms with Gasteiger partial charge in [-0.2, -0.15) is 0 Å². The molecule has 1 aliphatic heterocycles. The van der Waals surface area contributed by atoms with E-state index < -0.39 is 0 Å². The van der Waals surface area contributed by atoms with E-state index in [0.717, 1.165) is 29.6 Å². The third-order valence-corrected chi connectivity index (χ3v) is 7.01. The summed E-state index contributed by atoms with van der Waals surface area (Å²) in [6.07, 6.45) is 13.7. The zero-order valence-electron chi connectivity index (χ0n) is 22.4. The van der Waals surface area contributed by atoms with Gasteiger partial charge in [0.25, 0.3) is 0 Å². The van der Waals surface area contributed by atoms with Crippen molar-refractivity contribution in [2.24, 2.45) is 7.05 Å². The third-order valence-electron chi connectivity index (χ3n) is 7.01. The van der Waals surface area contributed by atoms with E-state index in [1.54, 1.807) is 17.4 Å². The van der Waals surface area contributed by atoms with E-state index in [-0.39, 0.29) is 11.9 Å². The molecule has 6 rings (SSSR count). The van der Waals surface area contributed by atoms with Crippen LogP contribution in [0, 0.1) is 12.3 Å². The second-order valence-electron chi connectivity index (χ2n) is 9.69. The van der Waals surface area contributed by atoms with Gasteiger partial charge in [0.1, 0.15) is 28.9 Å². The Balaban J connectivity index is 1.19. The van der Waals surface area contributed by atoms with Crippen LogP contribution in [0.4, 0.5) is 17.5 Å². The molecule has 11 nitrogen and oxygen atoms in total. The smallest absolute Gasteiger partial charge is 0.245 e. The van der Waals surface area contributed by atoms with Crippen molar-refractivity contribution in [2.75, 3.05) is 23.7 Å². The maximum absolute atomic E-state index is 11.9. The van der Waals surface area contributed by atoms with Crippen molar-refractivity contribution in [2.45, 2.75) is 18.9 Å². The van der Waals surface area contributed by atoms with Gasteiger partial charge in [-0.3, -0.25) is 4.79 Å². The molecule has 1 aliphatic rings. The maximum Gasteiger partial charge on any atom is 0.245 e. The first kappa shape index (κ1) is 25.8. The molecule has 5 aromatic rings. The number of likely N-dealkylation sites (tertiary alicyclic amines) is 1. The molecule has 204 valence electrons. The van der Waals surface area contributed by atoms with Crippen molar-refractivity contribution in [3.63, 3.8) is 0 Å². The van der Waals surface area contributed by atoms with Crippen LogP contribution < -0.4 is 15.4 Å². The summed E-state index contributed by atoms with van der Waals surface area (Å²) in [6.45, 7) is 4.87. The number of carbonyl (C=O) groups is 1. The van der Waals surface area contributed by atoms with Crippen LogP contribution in [0.3, 0.4) is 0 Å². The first-order chi connectivity index (χ1) is 20.0. The molecule has 1 amide bonds. The lowest BCUT2D eigenvalue weighted by Gasteiger charge is -2.31. The zero-order valence-corrected chi connectivity index (χ0v) is 22.4. The van der Waals surface area contributed by atoms with Gasteiger partial charge in [0.15, 0.2) is 5.82 Å². The van der Waals surface area contributed by atoms with E-state index in [0.29, 0.717) is 53.0 Å². The lowest BCUT2D eigenvalue weighted by atomic mass is 10.1. The number of nitrogens with one attached hydrogen (secondary N) is 2. The number of aromatic nitrogens is 6. The largest absolute Gasteiger partial charge is 0.456 e. The van der Waals surface area contributed by atoms with Gasteiger partial charge in [-0.15, -0.1) is 6.42 Å². The second-order valence-corrected chi connectivity index (χ2v) is 9.69. The molecule has 1 saturated heterocycles. The maximum atomic E-state index is 11.9. The topological polar surface area (TPSA) is 123 Å². The molecule has 0 radical (unpaired) electrons. The van der Waals surface area contributed by atoms with Gasteiger partial charge in [-0.05, 0) is 49.2 Å². The van der Waals surface area contributed by atoms with Gasteiger partial charge in [-0.25, -0.2) is 24.9 Å². The number of anilines is 3. The summed E-state index contributed by atoms with van der Waals surface area (Å²) in [5.41, 5.74) is 4.31. The quantitative estimate of drug-likeness (QED) is 0.226. The fraction of sp³-hybridized carbons (Fsp3) is 0.200. The normalized spacial score (nSPS) is 13.6. The SMILES string of the molecule is C#Cc1cc(Nc2ncnc3cnc(NC4CCN(C(=O)C=C)CC4)nc23)ccc1Oc1ccc2c(c1)ncn2C. The number of aryl methyl sites for hydroxylation is 1. The molecule has 3 aromatic heterocycles. The molecule has 2 N–H and O–H groups in total. The minimum absolute atomic E-state index is 0.0446. The van der Waals surface area contributed by atoms with Crippen molar-refractivity contribution in [3.05, 3.63) is 73.5 Å². The highest BCUT2D eigenvalue weighted by Gasteiger charge is 2.22. The Morgan fingerprint density at radius 1 is 1.12 bits per heavy atom. The Bertz CT molecular complexity index is 1820. The number of piperidine rings is 1. The Labute approximate surface area is 236 Å². The van der Waals surface area contributed by atoms with Crippen LogP contribution in [-0.4, -0.2) is 59.4 Å². The fourth-order valence-electron chi connectivity index (χ4n) is 4.82. The summed E-state index contributed by atoms with van der Waals surface area (Å²) in [6, 6.07) is 11.4. The Morgan fingerprint density at radius 2 is 1.98 bits per heavy atom. The number of benzene rings is 2. The van der Waals surface area contributed by atoms with Crippen LogP contribution in [0.5, 0.6) is 11.5 Å². The number of carbonyl (C=O) groups excluding carboxylic acids is 1. The summed E-state index contributed by atoms with van der Waals surface area (Å²) in [5, 5.41) is 6.69. The summed E-state index contributed by atoms with van der Waals surface area (Å²) in [5.74, 6) is 4.85. The molecule has 11 heteroatoms. The van der Waals surface area contributed by atoms with E-state index in [1.165, 1.54) is 12.4 Å². The predicted octanol–water partition coefficient (Wildman–Crippen LogP) is 4.41. The third kappa shape index (κ3) is 5.35. The molecule has 0 atom stereocenters. The molecular weight excluding hydrogens is 518 g/mol. The van der Waals surface area contributed by atoms with E-state index >= 15 is 0 Å². The van der Waals surface area contributed by atoms with Crippen molar-refractivity contribution in [1.82, 2.24) is 34.4 Å². The predicted molar refractivity (Wildman–Crippen MR) is 157 cm³/mol. The lowest BCUT2D eigenvalue weighted by molar-refractivity contribution is -0.126. The highest BCUT2D eigenvalue weighted by molar-refractivity contribution is 5.88. The van der Waals surface area contributed by atoms with Crippen molar-refractivity contribution in [1.29, 1.82) is 0 Å². The summed E-state index contributed by atoms with van der Waals surface area (Å²) < 4.78 is 8.06. The number of ether oxygens (including phenoxy) is 1. The molecule has 0 bridgehead atoms. The summed E-state index contributed by atoms with van der Waals surface area (Å²) >= 11 is 0. The average molecular weight is 546 g/mol. The van der Waals surface area contributed by atoms with E-state index in [4.69, 9.17) is 16.1 Å². The van der Waals surface area contributed by atoms with Crippen LogP contribution in [0.1, 0.15) is 18.4 Å². The molecule has 0 aliphatic carbocycles. The van der Waals surface area contributed by atoms with Crippen LogP contribution >= 0.6 is 0 Å². The van der Waals surface area contributed by atoms with Gasteiger partial charge in [-0.1, -0.05) is 12.5 Å². The van der Waals surface area contributed by atoms with Gasteiger partial charge in [0.2, 0.25) is 11.9 Å². The van der Waals surface area contributed by atoms with Crippen LogP contribution in [0.25, 0.3) is 22.1 Å². The lowest BCUT2D eigenvalue weighted by Crippen LogP contribution is -2.41. The minimum Gasteiger partial charge on any atom is -0.456 e. The molecule has 1 fully saturated rings. The molecular formula is C30H27N9O2. The first-order valence-electron chi connectivity index (χ1n) is 13.1. The first-order valence-corrected chi connectivity index (χ1v) is 13.1. The molecule has 0 spiro atoms. The number of imidazole rings is 1. The molecule has 41 heavy (non-hydrogen) atoms. The summed E-state index contributed by atoms with van der Waals surface area (Å²) in [4.78, 5) is 35.9. The number of amides is 1. The van der Waals surface area contributed by atoms with Gasteiger partial charge in [0, 0.05) is 37.9 Å². The number of rotatable bonds is 7. The van der Waals surface area contributed by atoms with Gasteiger partial charge in [0.05, 0.1) is 29.1 Å². The zero-order chi connectivity index (χ0) is 28.3. The van der Waals surface area contributed by atoms with Crippen LogP contribution in [0.15, 0.2) is 67.9 Å². The van der Waals surface area contributed by atoms with Crippen LogP contribution in [-0.2, 0) is 11.8 Å². The number of hydrogen-bond acceptors (Lipinski definition) is 9. The number of fused-ring (bicyclic) bond motifs is 2. The van der Waals surface area contributed by atoms with Gasteiger partial charge >= 0.3 is 0 Å². The highest BCUT2D eigenvalue weighted by atomic mass is 16.5.